The van der Waals surface area contributed by atoms with Crippen molar-refractivity contribution in [2.75, 3.05) is 6.54 Å². The number of rotatable bonds is 6. The zero-order valence-electron chi connectivity index (χ0n) is 12.8. The molecule has 1 aromatic heterocycles. The number of nitrogens with zero attached hydrogens (tertiary/aromatic N) is 2. The number of carbonyl (C=O) groups excluding carboxylic acids is 1. The van der Waals surface area contributed by atoms with Crippen molar-refractivity contribution in [3.05, 3.63) is 58.9 Å². The van der Waals surface area contributed by atoms with E-state index in [0.29, 0.717) is 16.8 Å². The number of aromatic nitrogens is 1. The third kappa shape index (κ3) is 4.62. The van der Waals surface area contributed by atoms with E-state index in [9.17, 15) is 15.0 Å². The van der Waals surface area contributed by atoms with E-state index >= 15 is 0 Å². The summed E-state index contributed by atoms with van der Waals surface area (Å²) in [5, 5.41) is 19.2. The summed E-state index contributed by atoms with van der Waals surface area (Å²) < 4.78 is 5.10. The molecule has 0 unspecified atom stereocenters. The minimum Gasteiger partial charge on any atom is -0.505 e. The smallest absolute Gasteiger partial charge is 0.328 e. The number of pyridine rings is 1. The normalized spacial score (nSPS) is 10.9. The maximum Gasteiger partial charge on any atom is 0.328 e. The third-order valence-electron chi connectivity index (χ3n) is 3.21. The van der Waals surface area contributed by atoms with Crippen LogP contribution >= 0.6 is 0 Å². The van der Waals surface area contributed by atoms with Crippen molar-refractivity contribution in [3.8, 4) is 5.75 Å². The van der Waals surface area contributed by atoms with Gasteiger partial charge in [0, 0.05) is 23.5 Å². The Labute approximate surface area is 134 Å². The van der Waals surface area contributed by atoms with Gasteiger partial charge in [-0.2, -0.15) is 0 Å². The average Bonchev–Trinajstić information content (AvgIpc) is 2.58. The molecule has 0 fully saturated rings. The Hall–Kier alpha value is -2.73. The topological polar surface area (TPSA) is 92.0 Å². The van der Waals surface area contributed by atoms with Crippen LogP contribution in [0.1, 0.15) is 22.4 Å². The largest absolute Gasteiger partial charge is 0.505 e. The summed E-state index contributed by atoms with van der Waals surface area (Å²) in [6, 6.07) is 9.35. The average molecular weight is 314 g/mol. The van der Waals surface area contributed by atoms with Crippen LogP contribution in [0, 0.1) is 6.92 Å². The summed E-state index contributed by atoms with van der Waals surface area (Å²) in [5.74, 6) is -0.529. The molecule has 0 radical (unpaired) electrons. The number of aliphatic hydroxyl groups is 1. The van der Waals surface area contributed by atoms with Gasteiger partial charge in [-0.3, -0.25) is 14.8 Å². The minimum absolute atomic E-state index is 0.0575. The second-order valence-electron chi connectivity index (χ2n) is 4.91. The van der Waals surface area contributed by atoms with Gasteiger partial charge in [0.1, 0.15) is 18.9 Å². The van der Waals surface area contributed by atoms with Crippen LogP contribution in [-0.4, -0.2) is 33.9 Å². The number of aromatic hydroxyl groups is 1. The first kappa shape index (κ1) is 16.6. The number of aryl methyl sites for hydroxylation is 1. The molecule has 0 aliphatic carbocycles. The fourth-order valence-corrected chi connectivity index (χ4v) is 1.92. The van der Waals surface area contributed by atoms with Crippen molar-refractivity contribution >= 4 is 12.2 Å². The van der Waals surface area contributed by atoms with E-state index in [4.69, 9.17) is 4.74 Å². The molecule has 0 amide bonds. The van der Waals surface area contributed by atoms with Gasteiger partial charge in [0.2, 0.25) is 0 Å². The van der Waals surface area contributed by atoms with Crippen LogP contribution in [0.15, 0.2) is 41.5 Å². The molecule has 0 spiro atoms. The van der Waals surface area contributed by atoms with E-state index < -0.39 is 5.97 Å². The first-order valence-electron chi connectivity index (χ1n) is 7.09. The number of ether oxygens (including phenoxy) is 1. The van der Waals surface area contributed by atoms with Gasteiger partial charge in [0.25, 0.3) is 0 Å². The molecule has 0 saturated carbocycles. The van der Waals surface area contributed by atoms with Gasteiger partial charge in [-0.25, -0.2) is 0 Å². The Morgan fingerprint density at radius 2 is 2.09 bits per heavy atom. The Kier molecular flexibility index (Phi) is 5.82. The van der Waals surface area contributed by atoms with Crippen molar-refractivity contribution in [2.24, 2.45) is 4.99 Å². The van der Waals surface area contributed by atoms with Crippen LogP contribution in [0.4, 0.5) is 0 Å². The van der Waals surface area contributed by atoms with Gasteiger partial charge in [-0.15, -0.1) is 0 Å². The van der Waals surface area contributed by atoms with Crippen molar-refractivity contribution in [1.82, 2.24) is 4.98 Å². The maximum atomic E-state index is 11.7. The number of hydrogen-bond donors (Lipinski definition) is 2. The van der Waals surface area contributed by atoms with Crippen molar-refractivity contribution in [2.45, 2.75) is 20.1 Å². The van der Waals surface area contributed by atoms with E-state index in [2.05, 4.69) is 9.98 Å². The molecular weight excluding hydrogens is 296 g/mol. The summed E-state index contributed by atoms with van der Waals surface area (Å²) in [6.07, 6.45) is 2.81. The van der Waals surface area contributed by atoms with Gasteiger partial charge in [-0.1, -0.05) is 30.3 Å². The van der Waals surface area contributed by atoms with E-state index in [0.717, 1.165) is 5.56 Å². The lowest BCUT2D eigenvalue weighted by atomic mass is 10.1. The van der Waals surface area contributed by atoms with Crippen LogP contribution in [-0.2, 0) is 22.7 Å². The number of benzene rings is 1. The van der Waals surface area contributed by atoms with Crippen molar-refractivity contribution < 1.29 is 19.7 Å². The molecule has 6 nitrogen and oxygen atoms in total. The Morgan fingerprint density at radius 1 is 1.35 bits per heavy atom. The lowest BCUT2D eigenvalue weighted by molar-refractivity contribution is -0.143. The fourth-order valence-electron chi connectivity index (χ4n) is 1.92. The highest BCUT2D eigenvalue weighted by Gasteiger charge is 2.09. The standard InChI is InChI=1S/C17H18N2O4/c1-12-17(22)15(14(10-20)7-19-12)8-18-9-16(21)23-11-13-5-3-2-4-6-13/h2-8,20,22H,9-11H2,1H3. The maximum absolute atomic E-state index is 11.7. The van der Waals surface area contributed by atoms with Crippen LogP contribution in [0.3, 0.4) is 0 Å². The highest BCUT2D eigenvalue weighted by atomic mass is 16.5. The molecule has 1 heterocycles. The fraction of sp³-hybridized carbons (Fsp3) is 0.235. The molecule has 120 valence electrons. The molecule has 6 heteroatoms. The van der Waals surface area contributed by atoms with Gasteiger partial charge in [-0.05, 0) is 12.5 Å². The predicted octanol–water partition coefficient (Wildman–Crippen LogP) is 1.75. The van der Waals surface area contributed by atoms with Gasteiger partial charge >= 0.3 is 5.97 Å². The molecule has 0 bridgehead atoms. The van der Waals surface area contributed by atoms with Gasteiger partial charge in [0.05, 0.1) is 12.3 Å². The summed E-state index contributed by atoms with van der Waals surface area (Å²) in [4.78, 5) is 19.6. The molecule has 23 heavy (non-hydrogen) atoms. The zero-order valence-corrected chi connectivity index (χ0v) is 12.8. The quantitative estimate of drug-likeness (QED) is 0.626. The Bertz CT molecular complexity index is 699. The molecule has 0 aliphatic heterocycles. The lowest BCUT2D eigenvalue weighted by Crippen LogP contribution is -2.08. The highest BCUT2D eigenvalue weighted by molar-refractivity contribution is 5.87. The molecule has 0 atom stereocenters. The monoisotopic (exact) mass is 314 g/mol. The SMILES string of the molecule is Cc1ncc(CO)c(C=NCC(=O)OCc2ccccc2)c1O. The summed E-state index contributed by atoms with van der Waals surface area (Å²) >= 11 is 0. The van der Waals surface area contributed by atoms with E-state index in [1.54, 1.807) is 6.92 Å². The lowest BCUT2D eigenvalue weighted by Gasteiger charge is -2.07. The molecule has 2 rings (SSSR count). The number of carbonyl (C=O) groups is 1. The van der Waals surface area contributed by atoms with Crippen LogP contribution in [0.25, 0.3) is 0 Å². The molecule has 2 aromatic rings. The van der Waals surface area contributed by atoms with Crippen molar-refractivity contribution in [1.29, 1.82) is 0 Å². The summed E-state index contributed by atoms with van der Waals surface area (Å²) in [6.45, 7) is 1.39. The molecule has 2 N–H and O–H groups in total. The zero-order chi connectivity index (χ0) is 16.7. The van der Waals surface area contributed by atoms with E-state index in [-0.39, 0.29) is 25.5 Å². The van der Waals surface area contributed by atoms with Gasteiger partial charge in [0.15, 0.2) is 0 Å². The Morgan fingerprint density at radius 3 is 2.78 bits per heavy atom. The molecule has 1 aromatic carbocycles. The highest BCUT2D eigenvalue weighted by Crippen LogP contribution is 2.21. The predicted molar refractivity (Wildman–Crippen MR) is 85.3 cm³/mol. The second-order valence-corrected chi connectivity index (χ2v) is 4.91. The summed E-state index contributed by atoms with van der Waals surface area (Å²) in [7, 11) is 0. The van der Waals surface area contributed by atoms with Gasteiger partial charge < -0.3 is 14.9 Å². The number of aliphatic imine (C=N–C) groups is 1. The Balaban J connectivity index is 1.94. The van der Waals surface area contributed by atoms with Crippen LogP contribution in [0.2, 0.25) is 0 Å². The molecule has 0 saturated heterocycles. The van der Waals surface area contributed by atoms with E-state index in [1.165, 1.54) is 12.4 Å². The van der Waals surface area contributed by atoms with Crippen molar-refractivity contribution in [3.63, 3.8) is 0 Å². The number of esters is 1. The summed E-state index contributed by atoms with van der Waals surface area (Å²) in [5.41, 5.74) is 2.12. The molecular formula is C17H18N2O4. The number of aliphatic hydroxyl groups excluding tert-OH is 1. The number of hydrogen-bond acceptors (Lipinski definition) is 6. The third-order valence-corrected chi connectivity index (χ3v) is 3.21. The minimum atomic E-state index is -0.471. The van der Waals surface area contributed by atoms with Crippen LogP contribution < -0.4 is 0 Å². The van der Waals surface area contributed by atoms with Crippen LogP contribution in [0.5, 0.6) is 5.75 Å². The molecule has 0 aliphatic rings. The first-order chi connectivity index (χ1) is 11.1. The van der Waals surface area contributed by atoms with E-state index in [1.807, 2.05) is 30.3 Å². The second kappa shape index (κ2) is 8.05. The first-order valence-corrected chi connectivity index (χ1v) is 7.09.